The zero-order chi connectivity index (χ0) is 28.8. The maximum atomic E-state index is 2.69. The summed E-state index contributed by atoms with van der Waals surface area (Å²) in [4.78, 5) is 5.38. The van der Waals surface area contributed by atoms with Gasteiger partial charge in [0.15, 0.2) is 0 Å². The van der Waals surface area contributed by atoms with Crippen molar-refractivity contribution in [2.75, 3.05) is 13.1 Å². The Kier molecular flexibility index (Phi) is 27.9. The average Bonchev–Trinajstić information content (AvgIpc) is 3.35. The molecule has 2 heteroatoms. The van der Waals surface area contributed by atoms with Gasteiger partial charge in [-0.25, -0.2) is 0 Å². The zero-order valence-corrected chi connectivity index (χ0v) is 28.3. The van der Waals surface area contributed by atoms with Crippen molar-refractivity contribution in [1.29, 1.82) is 0 Å². The first-order valence-corrected chi connectivity index (χ1v) is 19.0. The highest BCUT2D eigenvalue weighted by Crippen LogP contribution is 2.23. The second kappa shape index (κ2) is 29.8. The maximum Gasteiger partial charge on any atom is 0.101 e. The van der Waals surface area contributed by atoms with E-state index < -0.39 is 0 Å². The smallest absolute Gasteiger partial charge is 0.101 e. The van der Waals surface area contributed by atoms with Crippen LogP contribution in [0.25, 0.3) is 0 Å². The first-order chi connectivity index (χ1) is 19.8. The summed E-state index contributed by atoms with van der Waals surface area (Å²) in [5.41, 5.74) is 0. The first kappa shape index (κ1) is 37.4. The van der Waals surface area contributed by atoms with E-state index in [0.29, 0.717) is 6.17 Å². The molecule has 1 aliphatic rings. The standard InChI is InChI=1S/C38H76N2/c1-4-7-10-12-14-16-18-20-21-23-25-27-29-32-35-40-37-36-39(38(40)33-30-9-6-3)34-31-28-26-24-22-19-17-15-13-11-8-5-2/h36-38H,4-35H2,1-3H3. The summed E-state index contributed by atoms with van der Waals surface area (Å²) in [6.45, 7) is 9.48. The highest BCUT2D eigenvalue weighted by Gasteiger charge is 2.24. The predicted molar refractivity (Wildman–Crippen MR) is 182 cm³/mol. The van der Waals surface area contributed by atoms with E-state index in [9.17, 15) is 0 Å². The molecule has 40 heavy (non-hydrogen) atoms. The van der Waals surface area contributed by atoms with Crippen molar-refractivity contribution in [2.24, 2.45) is 0 Å². The molecular weight excluding hydrogens is 484 g/mol. The molecule has 1 rings (SSSR count). The Bertz CT molecular complexity index is 516. The van der Waals surface area contributed by atoms with Crippen molar-refractivity contribution in [2.45, 2.75) is 220 Å². The maximum absolute atomic E-state index is 2.69. The number of rotatable bonds is 32. The largest absolute Gasteiger partial charge is 0.356 e. The van der Waals surface area contributed by atoms with Gasteiger partial charge in [-0.2, -0.15) is 0 Å². The highest BCUT2D eigenvalue weighted by molar-refractivity contribution is 4.97. The van der Waals surface area contributed by atoms with Crippen LogP contribution in [-0.2, 0) is 0 Å². The normalized spacial score (nSPS) is 15.1. The number of hydrogen-bond donors (Lipinski definition) is 0. The lowest BCUT2D eigenvalue weighted by Gasteiger charge is -2.33. The molecule has 0 saturated heterocycles. The van der Waals surface area contributed by atoms with Crippen molar-refractivity contribution in [3.05, 3.63) is 12.4 Å². The van der Waals surface area contributed by atoms with Gasteiger partial charge in [0.25, 0.3) is 0 Å². The third kappa shape index (κ3) is 22.0. The Morgan fingerprint density at radius 1 is 0.325 bits per heavy atom. The lowest BCUT2D eigenvalue weighted by molar-refractivity contribution is 0.135. The molecular formula is C38H76N2. The Balaban J connectivity index is 2.05. The minimum atomic E-state index is 0.640. The molecule has 1 heterocycles. The van der Waals surface area contributed by atoms with E-state index >= 15 is 0 Å². The van der Waals surface area contributed by atoms with Gasteiger partial charge in [-0.3, -0.25) is 0 Å². The molecule has 0 radical (unpaired) electrons. The molecule has 0 aromatic carbocycles. The van der Waals surface area contributed by atoms with Gasteiger partial charge in [0, 0.05) is 25.5 Å². The van der Waals surface area contributed by atoms with Gasteiger partial charge in [-0.15, -0.1) is 0 Å². The van der Waals surface area contributed by atoms with Crippen molar-refractivity contribution < 1.29 is 0 Å². The van der Waals surface area contributed by atoms with Crippen LogP contribution in [0.1, 0.15) is 213 Å². The van der Waals surface area contributed by atoms with Crippen LogP contribution in [-0.4, -0.2) is 29.1 Å². The van der Waals surface area contributed by atoms with E-state index in [-0.39, 0.29) is 0 Å². The van der Waals surface area contributed by atoms with Crippen molar-refractivity contribution in [3.8, 4) is 0 Å². The summed E-state index contributed by atoms with van der Waals surface area (Å²) in [6.07, 6.45) is 48.5. The van der Waals surface area contributed by atoms with Gasteiger partial charge in [0.05, 0.1) is 0 Å². The van der Waals surface area contributed by atoms with Crippen LogP contribution >= 0.6 is 0 Å². The molecule has 0 aromatic rings. The van der Waals surface area contributed by atoms with Crippen LogP contribution in [0.5, 0.6) is 0 Å². The van der Waals surface area contributed by atoms with Gasteiger partial charge in [-0.1, -0.05) is 188 Å². The molecule has 0 aliphatic carbocycles. The van der Waals surface area contributed by atoms with Crippen LogP contribution in [0.3, 0.4) is 0 Å². The van der Waals surface area contributed by atoms with Crippen LogP contribution in [0.15, 0.2) is 12.4 Å². The van der Waals surface area contributed by atoms with Crippen LogP contribution in [0, 0.1) is 0 Å². The topological polar surface area (TPSA) is 6.48 Å². The van der Waals surface area contributed by atoms with E-state index in [4.69, 9.17) is 0 Å². The van der Waals surface area contributed by atoms with E-state index in [1.54, 1.807) is 0 Å². The van der Waals surface area contributed by atoms with E-state index in [1.807, 2.05) is 0 Å². The van der Waals surface area contributed by atoms with E-state index in [1.165, 1.54) is 206 Å². The average molecular weight is 561 g/mol. The van der Waals surface area contributed by atoms with Gasteiger partial charge in [-0.05, 0) is 25.7 Å². The molecule has 0 fully saturated rings. The number of hydrogen-bond acceptors (Lipinski definition) is 2. The Morgan fingerprint density at radius 2 is 0.575 bits per heavy atom. The third-order valence-corrected chi connectivity index (χ3v) is 9.32. The SMILES string of the molecule is CCCCCCCCCCCCCCCCN1C=CN(CCCCCCCCCCCCCC)C1CCCCC. The summed E-state index contributed by atoms with van der Waals surface area (Å²) >= 11 is 0. The third-order valence-electron chi connectivity index (χ3n) is 9.32. The van der Waals surface area contributed by atoms with Crippen LogP contribution in [0.2, 0.25) is 0 Å². The second-order valence-corrected chi connectivity index (χ2v) is 13.2. The van der Waals surface area contributed by atoms with Crippen molar-refractivity contribution >= 4 is 0 Å². The molecule has 0 aromatic heterocycles. The zero-order valence-electron chi connectivity index (χ0n) is 28.3. The summed E-state index contributed by atoms with van der Waals surface area (Å²) in [7, 11) is 0. The molecule has 2 nitrogen and oxygen atoms in total. The predicted octanol–water partition coefficient (Wildman–Crippen LogP) is 13.2. The molecule has 238 valence electrons. The Hall–Kier alpha value is -0.660. The molecule has 0 saturated carbocycles. The highest BCUT2D eigenvalue weighted by atomic mass is 15.4. The number of nitrogens with zero attached hydrogens (tertiary/aromatic N) is 2. The summed E-state index contributed by atoms with van der Waals surface area (Å²) < 4.78 is 0. The van der Waals surface area contributed by atoms with Gasteiger partial charge >= 0.3 is 0 Å². The monoisotopic (exact) mass is 561 g/mol. The minimum Gasteiger partial charge on any atom is -0.356 e. The summed E-state index contributed by atoms with van der Waals surface area (Å²) in [5.74, 6) is 0. The molecule has 0 spiro atoms. The van der Waals surface area contributed by atoms with E-state index in [0.717, 1.165) is 0 Å². The Morgan fingerprint density at radius 3 is 0.875 bits per heavy atom. The quantitative estimate of drug-likeness (QED) is 0.0755. The van der Waals surface area contributed by atoms with Gasteiger partial charge in [0.1, 0.15) is 6.17 Å². The fourth-order valence-electron chi connectivity index (χ4n) is 6.54. The van der Waals surface area contributed by atoms with Crippen LogP contribution in [0.4, 0.5) is 0 Å². The molecule has 1 atom stereocenters. The fraction of sp³-hybridized carbons (Fsp3) is 0.947. The first-order valence-electron chi connectivity index (χ1n) is 19.0. The number of unbranched alkanes of at least 4 members (excludes halogenated alkanes) is 26. The lowest BCUT2D eigenvalue weighted by atomic mass is 10.0. The molecule has 1 aliphatic heterocycles. The second-order valence-electron chi connectivity index (χ2n) is 13.2. The molecule has 1 unspecified atom stereocenters. The van der Waals surface area contributed by atoms with Crippen LogP contribution < -0.4 is 0 Å². The summed E-state index contributed by atoms with van der Waals surface area (Å²) in [5, 5.41) is 0. The molecule has 0 amide bonds. The summed E-state index contributed by atoms with van der Waals surface area (Å²) in [6, 6.07) is 0. The van der Waals surface area contributed by atoms with Crippen molar-refractivity contribution in [3.63, 3.8) is 0 Å². The van der Waals surface area contributed by atoms with Gasteiger partial charge < -0.3 is 9.80 Å². The fourth-order valence-corrected chi connectivity index (χ4v) is 6.54. The van der Waals surface area contributed by atoms with E-state index in [2.05, 4.69) is 43.0 Å². The molecule has 0 N–H and O–H groups in total. The lowest BCUT2D eigenvalue weighted by Crippen LogP contribution is -2.39. The van der Waals surface area contributed by atoms with Gasteiger partial charge in [0.2, 0.25) is 0 Å². The van der Waals surface area contributed by atoms with Crippen molar-refractivity contribution in [1.82, 2.24) is 9.80 Å². The Labute approximate surface area is 254 Å². The minimum absolute atomic E-state index is 0.640. The molecule has 0 bridgehead atoms.